The van der Waals surface area contributed by atoms with Gasteiger partial charge >= 0.3 is 0 Å². The Morgan fingerprint density at radius 3 is 1.53 bits per heavy atom. The van der Waals surface area contributed by atoms with Crippen LogP contribution in [0, 0.1) is 71.0 Å². The quantitative estimate of drug-likeness (QED) is 0.101. The smallest absolute Gasteiger partial charge is 0.147 e. The van der Waals surface area contributed by atoms with Crippen molar-refractivity contribution in [1.82, 2.24) is 0 Å². The minimum Gasteiger partial charge on any atom is -0.396 e. The van der Waals surface area contributed by atoms with E-state index in [9.17, 15) is 10.2 Å². The molecule has 4 aliphatic rings. The molecule has 0 spiro atoms. The summed E-state index contributed by atoms with van der Waals surface area (Å²) >= 11 is 0. The van der Waals surface area contributed by atoms with Crippen molar-refractivity contribution in [1.29, 1.82) is 2.56 Å². The second kappa shape index (κ2) is 21.1. The van der Waals surface area contributed by atoms with Crippen molar-refractivity contribution in [3.05, 3.63) is 0 Å². The van der Waals surface area contributed by atoms with Crippen molar-refractivity contribution in [2.75, 3.05) is 33.2 Å². The van der Waals surface area contributed by atoms with Gasteiger partial charge in [0, 0.05) is 84.1 Å². The fraction of sp³-hybridized carbons (Fsp3) is 0.943. The van der Waals surface area contributed by atoms with Crippen LogP contribution >= 0.6 is 15.9 Å². The second-order valence-electron chi connectivity index (χ2n) is 15.5. The molecule has 47 heavy (non-hydrogen) atoms. The molecule has 8 nitrogen and oxygen atoms in total. The van der Waals surface area contributed by atoms with Gasteiger partial charge in [-0.3, -0.25) is 0 Å². The van der Waals surface area contributed by atoms with Crippen LogP contribution in [0.15, 0.2) is 0 Å². The van der Waals surface area contributed by atoms with Gasteiger partial charge in [-0.2, -0.15) is 0 Å². The van der Waals surface area contributed by atoms with Gasteiger partial charge in [-0.05, 0) is 73.0 Å². The number of hydrogen-bond acceptors (Lipinski definition) is 8. The van der Waals surface area contributed by atoms with E-state index < -0.39 is 22.0 Å². The van der Waals surface area contributed by atoms with Gasteiger partial charge in [0.15, 0.2) is 0 Å². The molecule has 0 heterocycles. The van der Waals surface area contributed by atoms with Crippen LogP contribution in [0.4, 0.5) is 0 Å². The maximum atomic E-state index is 10.6. The van der Waals surface area contributed by atoms with E-state index in [4.69, 9.17) is 30.1 Å². The molecule has 0 aliphatic heterocycles. The van der Waals surface area contributed by atoms with Crippen LogP contribution in [0.1, 0.15) is 81.1 Å². The summed E-state index contributed by atoms with van der Waals surface area (Å²) in [5.41, 5.74) is 0. The molecule has 4 rings (SSSR count). The zero-order chi connectivity index (χ0) is 34.8. The third-order valence-electron chi connectivity index (χ3n) is 12.5. The molecule has 2 N–H and O–H groups in total. The molecule has 0 aromatic carbocycles. The molecular weight excluding hydrogens is 883 g/mol. The molecule has 4 fully saturated rings. The number of aliphatic hydroxyl groups excluding tert-OH is 2. The molecule has 0 aromatic rings. The van der Waals surface area contributed by atoms with Crippen molar-refractivity contribution in [2.24, 2.45) is 71.0 Å². The van der Waals surface area contributed by atoms with Gasteiger partial charge in [-0.25, -0.2) is 0 Å². The van der Waals surface area contributed by atoms with Crippen LogP contribution in [0.25, 0.3) is 0 Å². The molecule has 18 unspecified atom stereocenters. The van der Waals surface area contributed by atoms with Crippen LogP contribution < -0.4 is 0 Å². The minimum absolute atomic E-state index is 0. The first-order valence-electron chi connectivity index (χ1n) is 18.5. The second-order valence-corrected chi connectivity index (χ2v) is 17.8. The first kappa shape index (κ1) is 41.8. The molecule has 4 saturated carbocycles. The van der Waals surface area contributed by atoms with Gasteiger partial charge < -0.3 is 37.8 Å². The molecule has 0 aromatic heterocycles. The van der Waals surface area contributed by atoms with Gasteiger partial charge in [0.2, 0.25) is 0 Å². The molecule has 273 valence electrons. The zero-order valence-corrected chi connectivity index (χ0v) is 37.8. The average molecular weight is 954 g/mol. The summed E-state index contributed by atoms with van der Waals surface area (Å²) < 4.78 is 54.7. The van der Waals surface area contributed by atoms with Crippen molar-refractivity contribution < 1.29 is 91.6 Å². The minimum atomic E-state index is -3.09. The Morgan fingerprint density at radius 1 is 0.638 bits per heavy atom. The third-order valence-corrected chi connectivity index (χ3v) is 14.3. The Balaban J connectivity index is 0.00000417. The number of ether oxygens (including phenoxy) is 2. The molecule has 1 radical (unpaired) electrons. The van der Waals surface area contributed by atoms with Crippen LogP contribution in [-0.2, 0) is 81.3 Å². The predicted octanol–water partition coefficient (Wildman–Crippen LogP) is 6.62. The van der Waals surface area contributed by atoms with Gasteiger partial charge in [0.25, 0.3) is 0 Å². The topological polar surface area (TPSA) is 95.8 Å². The third kappa shape index (κ3) is 11.8. The summed E-state index contributed by atoms with van der Waals surface area (Å²) in [5, 5.41) is 20.4. The van der Waals surface area contributed by atoms with Crippen LogP contribution in [0.5, 0.6) is 0 Å². The summed E-state index contributed by atoms with van der Waals surface area (Å²) in [7, 11) is -6.17. The largest absolute Gasteiger partial charge is 0.396 e. The Hall–Kier alpha value is 2.07. The normalized spacial score (nSPS) is 46.6. The molecular formula is C35H66O8P2WY. The van der Waals surface area contributed by atoms with Gasteiger partial charge in [0.05, 0.1) is 44.2 Å². The van der Waals surface area contributed by atoms with Crippen molar-refractivity contribution >= 4 is 28.5 Å². The van der Waals surface area contributed by atoms with Crippen molar-refractivity contribution in [3.63, 3.8) is 0 Å². The van der Waals surface area contributed by atoms with E-state index in [-0.39, 0.29) is 127 Å². The summed E-state index contributed by atoms with van der Waals surface area (Å²) in [4.78, 5) is 0. The van der Waals surface area contributed by atoms with E-state index in [0.29, 0.717) is 49.4 Å². The first-order valence-corrected chi connectivity index (χ1v) is 20.3. The van der Waals surface area contributed by atoms with Gasteiger partial charge in [0.1, 0.15) is 25.2 Å². The SMILES string of the molecule is [3H]P(=C)(OCC1CC(C)C(C)C1OCOCC1CC(C)C(C)C1OP([3H])(=C)OCC1CC(C)C(C)C1O)OC1C(CO)CC(C)C1C.[W].[Y]. The Bertz CT molecular complexity index is 1110. The van der Waals surface area contributed by atoms with E-state index in [2.05, 4.69) is 68.0 Å². The number of hydrogen-bond donors (Lipinski definition) is 2. The molecule has 0 amide bonds. The number of rotatable bonds is 16. The summed E-state index contributed by atoms with van der Waals surface area (Å²) in [6.45, 7) is 18.7. The molecule has 0 bridgehead atoms. The maximum Gasteiger partial charge on any atom is 0.147 e. The fourth-order valence-corrected chi connectivity index (χ4v) is 10.8. The summed E-state index contributed by atoms with van der Waals surface area (Å²) in [6.07, 6.45) is 10.8. The molecule has 4 aliphatic carbocycles. The van der Waals surface area contributed by atoms with Gasteiger partial charge in [-0.1, -0.05) is 68.0 Å². The first-order chi connectivity index (χ1) is 21.9. The predicted molar refractivity (Wildman–Crippen MR) is 187 cm³/mol. The van der Waals surface area contributed by atoms with E-state index in [1.165, 1.54) is 0 Å². The monoisotopic (exact) mass is 953 g/mol. The Morgan fingerprint density at radius 2 is 1.04 bits per heavy atom. The van der Waals surface area contributed by atoms with E-state index in [0.717, 1.165) is 25.7 Å². The van der Waals surface area contributed by atoms with Crippen LogP contribution in [0.2, 0.25) is 0 Å². The average Bonchev–Trinajstić information content (AvgIpc) is 3.63. The molecule has 18 atom stereocenters. The Kier molecular flexibility index (Phi) is 18.8. The summed E-state index contributed by atoms with van der Waals surface area (Å²) in [6, 6.07) is 0. The van der Waals surface area contributed by atoms with Crippen LogP contribution in [0.3, 0.4) is 0 Å². The molecule has 0 saturated heterocycles. The van der Waals surface area contributed by atoms with E-state index in [1.807, 2.05) is 0 Å². The standard InChI is InChI=1S/C35H66O8P2.W.Y/c1-20-12-29(32(37)24(20)5)17-40-44(9)43-35-27(8)23(4)13-30(35)16-38-19-39-33-25(6)22(3)14-31(33)18-41-45(10)42-34-26(7)21(2)11-28(34)15-36;;/h20-37,44-45H,9-19H2,1-8H3;;/i44T,45T;;. The van der Waals surface area contributed by atoms with E-state index >= 15 is 0 Å². The Labute approximate surface area is 330 Å². The van der Waals surface area contributed by atoms with Crippen LogP contribution in [-0.4, -0.2) is 83.0 Å². The van der Waals surface area contributed by atoms with Gasteiger partial charge in [-0.15, -0.1) is 0 Å². The fourth-order valence-electron chi connectivity index (χ4n) is 8.67. The van der Waals surface area contributed by atoms with E-state index in [1.54, 1.807) is 0 Å². The molecule has 12 heteroatoms. The van der Waals surface area contributed by atoms with Crippen molar-refractivity contribution in [3.8, 4) is 0 Å². The number of aliphatic hydroxyl groups is 2. The zero-order valence-electron chi connectivity index (χ0n) is 32.2. The van der Waals surface area contributed by atoms with Crippen molar-refractivity contribution in [2.45, 2.75) is 105 Å². The summed E-state index contributed by atoms with van der Waals surface area (Å²) in [5.74, 6) is 3.01. The maximum absolute atomic E-state index is 10.6.